The number of carbonyl (C=O) groups is 1. The first kappa shape index (κ1) is 15.7. The van der Waals surface area contributed by atoms with Crippen molar-refractivity contribution >= 4 is 17.3 Å². The van der Waals surface area contributed by atoms with Crippen LogP contribution in [0.2, 0.25) is 0 Å². The van der Waals surface area contributed by atoms with E-state index in [-0.39, 0.29) is 16.9 Å². The predicted molar refractivity (Wildman–Crippen MR) is 94.4 cm³/mol. The Morgan fingerprint density at radius 1 is 1.32 bits per heavy atom. The summed E-state index contributed by atoms with van der Waals surface area (Å²) in [6, 6.07) is 9.47. The lowest BCUT2D eigenvalue weighted by molar-refractivity contribution is 0.0993. The van der Waals surface area contributed by atoms with Crippen molar-refractivity contribution in [2.24, 2.45) is 5.92 Å². The fraction of sp³-hybridized carbons (Fsp3) is 0.368. The van der Waals surface area contributed by atoms with Gasteiger partial charge in [-0.05, 0) is 37.3 Å². The molecule has 25 heavy (non-hydrogen) atoms. The summed E-state index contributed by atoms with van der Waals surface area (Å²) in [6.07, 6.45) is 4.89. The van der Waals surface area contributed by atoms with Crippen molar-refractivity contribution in [2.45, 2.75) is 25.3 Å². The van der Waals surface area contributed by atoms with E-state index in [1.54, 1.807) is 0 Å². The molecule has 2 unspecified atom stereocenters. The van der Waals surface area contributed by atoms with E-state index in [2.05, 4.69) is 10.2 Å². The van der Waals surface area contributed by atoms with E-state index in [0.29, 0.717) is 6.04 Å². The van der Waals surface area contributed by atoms with Crippen LogP contribution in [0, 0.1) is 5.92 Å². The van der Waals surface area contributed by atoms with E-state index in [0.717, 1.165) is 36.2 Å². The van der Waals surface area contributed by atoms with Gasteiger partial charge in [-0.15, -0.1) is 0 Å². The number of hydrogen-bond acceptors (Lipinski definition) is 5. The van der Waals surface area contributed by atoms with Crippen LogP contribution in [0.5, 0.6) is 5.75 Å². The molecule has 0 spiro atoms. The molecule has 1 aromatic carbocycles. The van der Waals surface area contributed by atoms with Gasteiger partial charge in [-0.25, -0.2) is 0 Å². The average molecular weight is 340 g/mol. The Morgan fingerprint density at radius 3 is 2.84 bits per heavy atom. The SMILES string of the molecule is COc1coc(C(=O)Nc2ccccc2N2CC3CCC2C3)cc1=O. The van der Waals surface area contributed by atoms with Gasteiger partial charge >= 0.3 is 0 Å². The molecule has 6 nitrogen and oxygen atoms in total. The van der Waals surface area contributed by atoms with E-state index < -0.39 is 5.91 Å². The van der Waals surface area contributed by atoms with Crippen molar-refractivity contribution in [1.29, 1.82) is 0 Å². The van der Waals surface area contributed by atoms with Gasteiger partial charge in [0, 0.05) is 18.7 Å². The topological polar surface area (TPSA) is 71.8 Å². The number of hydrogen-bond donors (Lipinski definition) is 1. The Morgan fingerprint density at radius 2 is 2.16 bits per heavy atom. The summed E-state index contributed by atoms with van der Waals surface area (Å²) in [5, 5.41) is 2.87. The summed E-state index contributed by atoms with van der Waals surface area (Å²) >= 11 is 0. The third kappa shape index (κ3) is 2.88. The minimum atomic E-state index is -0.448. The Bertz CT molecular complexity index is 860. The number of nitrogens with zero attached hydrogens (tertiary/aromatic N) is 1. The van der Waals surface area contributed by atoms with Gasteiger partial charge in [0.1, 0.15) is 6.26 Å². The van der Waals surface area contributed by atoms with Gasteiger partial charge in [-0.3, -0.25) is 9.59 Å². The smallest absolute Gasteiger partial charge is 0.291 e. The first-order valence-electron chi connectivity index (χ1n) is 8.49. The van der Waals surface area contributed by atoms with Crippen molar-refractivity contribution < 1.29 is 13.9 Å². The van der Waals surface area contributed by atoms with E-state index in [1.165, 1.54) is 26.4 Å². The summed E-state index contributed by atoms with van der Waals surface area (Å²) < 4.78 is 10.1. The molecule has 1 aliphatic heterocycles. The molecule has 2 heterocycles. The lowest BCUT2D eigenvalue weighted by atomic mass is 10.1. The lowest BCUT2D eigenvalue weighted by Gasteiger charge is -2.30. The number of rotatable bonds is 4. The number of fused-ring (bicyclic) bond motifs is 2. The highest BCUT2D eigenvalue weighted by Crippen LogP contribution is 2.42. The second-order valence-corrected chi connectivity index (χ2v) is 6.63. The van der Waals surface area contributed by atoms with Crippen LogP contribution in [0.15, 0.2) is 45.8 Å². The van der Waals surface area contributed by atoms with Gasteiger partial charge in [0.25, 0.3) is 5.91 Å². The van der Waals surface area contributed by atoms with Crippen LogP contribution in [-0.4, -0.2) is 25.6 Å². The Hall–Kier alpha value is -2.76. The van der Waals surface area contributed by atoms with Crippen molar-refractivity contribution in [3.8, 4) is 5.75 Å². The maximum atomic E-state index is 12.5. The molecule has 0 radical (unpaired) electrons. The quantitative estimate of drug-likeness (QED) is 0.926. The van der Waals surface area contributed by atoms with E-state index >= 15 is 0 Å². The Kier molecular flexibility index (Phi) is 3.95. The molecule has 2 atom stereocenters. The maximum absolute atomic E-state index is 12.5. The number of anilines is 2. The number of piperidine rings is 1. The third-order valence-electron chi connectivity index (χ3n) is 5.11. The highest BCUT2D eigenvalue weighted by Gasteiger charge is 2.38. The Labute approximate surface area is 145 Å². The second-order valence-electron chi connectivity index (χ2n) is 6.63. The summed E-state index contributed by atoms with van der Waals surface area (Å²) in [7, 11) is 1.38. The monoisotopic (exact) mass is 340 g/mol. The van der Waals surface area contributed by atoms with Crippen molar-refractivity contribution in [2.75, 3.05) is 23.9 Å². The molecule has 2 fully saturated rings. The first-order chi connectivity index (χ1) is 12.2. The molecule has 4 rings (SSSR count). The molecule has 2 bridgehead atoms. The zero-order valence-corrected chi connectivity index (χ0v) is 14.0. The molecule has 1 saturated heterocycles. The van der Waals surface area contributed by atoms with Crippen LogP contribution in [0.4, 0.5) is 11.4 Å². The molecular weight excluding hydrogens is 320 g/mol. The fourth-order valence-electron chi connectivity index (χ4n) is 3.90. The summed E-state index contributed by atoms with van der Waals surface area (Å²) in [5.74, 6) is 0.346. The number of carbonyl (C=O) groups excluding carboxylic acids is 1. The van der Waals surface area contributed by atoms with Crippen LogP contribution in [0.3, 0.4) is 0 Å². The predicted octanol–water partition coefficient (Wildman–Crippen LogP) is 2.89. The normalized spacial score (nSPS) is 21.4. The van der Waals surface area contributed by atoms with Crippen molar-refractivity contribution in [3.63, 3.8) is 0 Å². The number of nitrogens with one attached hydrogen (secondary N) is 1. The molecule has 1 saturated carbocycles. The summed E-state index contributed by atoms with van der Waals surface area (Å²) in [5.41, 5.74) is 1.38. The van der Waals surface area contributed by atoms with Gasteiger partial charge < -0.3 is 19.4 Å². The van der Waals surface area contributed by atoms with Crippen molar-refractivity contribution in [1.82, 2.24) is 0 Å². The van der Waals surface area contributed by atoms with E-state index in [9.17, 15) is 9.59 Å². The number of amides is 1. The van der Waals surface area contributed by atoms with Gasteiger partial charge in [-0.1, -0.05) is 12.1 Å². The molecule has 2 aliphatic rings. The minimum absolute atomic E-state index is 0.0384. The van der Waals surface area contributed by atoms with E-state index in [4.69, 9.17) is 9.15 Å². The number of methoxy groups -OCH3 is 1. The molecule has 1 aromatic heterocycles. The third-order valence-corrected chi connectivity index (χ3v) is 5.11. The molecule has 2 aromatic rings. The maximum Gasteiger partial charge on any atom is 0.291 e. The molecule has 1 N–H and O–H groups in total. The second kappa shape index (κ2) is 6.27. The number of ether oxygens (including phenoxy) is 1. The highest BCUT2D eigenvalue weighted by molar-refractivity contribution is 6.04. The van der Waals surface area contributed by atoms with E-state index in [1.807, 2.05) is 24.3 Å². The standard InChI is InChI=1S/C19H20N2O4/c1-24-18-11-25-17(9-16(18)22)19(23)20-14-4-2-3-5-15(14)21-10-12-6-7-13(21)8-12/h2-5,9,11-13H,6-8,10H2,1H3,(H,20,23). The largest absolute Gasteiger partial charge is 0.490 e. The lowest BCUT2D eigenvalue weighted by Crippen LogP contribution is -2.32. The highest BCUT2D eigenvalue weighted by atomic mass is 16.5. The summed E-state index contributed by atoms with van der Waals surface area (Å²) in [6.45, 7) is 1.04. The van der Waals surface area contributed by atoms with Crippen LogP contribution in [0.1, 0.15) is 29.8 Å². The summed E-state index contributed by atoms with van der Waals surface area (Å²) in [4.78, 5) is 26.7. The van der Waals surface area contributed by atoms with Crippen LogP contribution >= 0.6 is 0 Å². The molecular formula is C19H20N2O4. The molecule has 130 valence electrons. The van der Waals surface area contributed by atoms with Gasteiger partial charge in [-0.2, -0.15) is 0 Å². The molecule has 6 heteroatoms. The van der Waals surface area contributed by atoms with Gasteiger partial charge in [0.05, 0.1) is 18.5 Å². The van der Waals surface area contributed by atoms with Crippen LogP contribution in [-0.2, 0) is 0 Å². The van der Waals surface area contributed by atoms with Crippen LogP contribution < -0.4 is 20.4 Å². The minimum Gasteiger partial charge on any atom is -0.490 e. The average Bonchev–Trinajstić information content (AvgIpc) is 3.25. The molecule has 1 aliphatic carbocycles. The zero-order valence-electron chi connectivity index (χ0n) is 14.0. The molecule has 1 amide bonds. The van der Waals surface area contributed by atoms with Crippen molar-refractivity contribution in [3.05, 3.63) is 52.6 Å². The van der Waals surface area contributed by atoms with Gasteiger partial charge in [0.15, 0.2) is 5.76 Å². The van der Waals surface area contributed by atoms with Crippen LogP contribution in [0.25, 0.3) is 0 Å². The first-order valence-corrected chi connectivity index (χ1v) is 8.49. The zero-order chi connectivity index (χ0) is 17.4. The van der Waals surface area contributed by atoms with Gasteiger partial charge in [0.2, 0.25) is 11.2 Å². The fourth-order valence-corrected chi connectivity index (χ4v) is 3.90. The number of para-hydroxylation sites is 2. The number of benzene rings is 1. The Balaban J connectivity index is 1.58.